The third kappa shape index (κ3) is 3.89. The highest BCUT2D eigenvalue weighted by atomic mass is 35.5. The Labute approximate surface area is 116 Å². The number of ketones is 1. The van der Waals surface area contributed by atoms with Gasteiger partial charge in [-0.15, -0.1) is 0 Å². The summed E-state index contributed by atoms with van der Waals surface area (Å²) in [5.74, 6) is 1.03. The lowest BCUT2D eigenvalue weighted by Gasteiger charge is -1.98. The number of rotatable bonds is 5. The number of carbonyl (C=O) groups excluding carboxylic acids is 1. The van der Waals surface area contributed by atoms with Crippen LogP contribution in [0.2, 0.25) is 5.02 Å². The van der Waals surface area contributed by atoms with E-state index in [0.717, 1.165) is 5.56 Å². The van der Waals surface area contributed by atoms with Crippen LogP contribution in [0.1, 0.15) is 31.1 Å². The molecule has 1 heterocycles. The molecule has 2 rings (SSSR count). The van der Waals surface area contributed by atoms with Crippen LogP contribution in [-0.2, 0) is 17.6 Å². The minimum absolute atomic E-state index is 0.0217. The van der Waals surface area contributed by atoms with Crippen molar-refractivity contribution < 1.29 is 9.32 Å². The molecule has 0 bridgehead atoms. The van der Waals surface area contributed by atoms with Gasteiger partial charge in [0, 0.05) is 17.4 Å². The smallest absolute Gasteiger partial charge is 0.234 e. The molecule has 0 radical (unpaired) electrons. The summed E-state index contributed by atoms with van der Waals surface area (Å²) in [6, 6.07) is 7.47. The Morgan fingerprint density at radius 1 is 1.32 bits per heavy atom. The van der Waals surface area contributed by atoms with Crippen molar-refractivity contribution in [2.75, 3.05) is 0 Å². The molecule has 0 saturated carbocycles. The van der Waals surface area contributed by atoms with Gasteiger partial charge in [0.1, 0.15) is 5.78 Å². The molecular weight excluding hydrogens is 264 g/mol. The normalized spacial score (nSPS) is 10.9. The fourth-order valence-corrected chi connectivity index (χ4v) is 1.70. The van der Waals surface area contributed by atoms with Gasteiger partial charge >= 0.3 is 0 Å². The molecule has 0 saturated heterocycles. The molecule has 4 nitrogen and oxygen atoms in total. The molecule has 0 aliphatic heterocycles. The first-order valence-electron chi connectivity index (χ1n) is 6.13. The van der Waals surface area contributed by atoms with Crippen LogP contribution in [0.3, 0.4) is 0 Å². The Morgan fingerprint density at radius 2 is 2.00 bits per heavy atom. The lowest BCUT2D eigenvalue weighted by molar-refractivity contribution is -0.121. The second-order valence-electron chi connectivity index (χ2n) is 4.71. The van der Waals surface area contributed by atoms with E-state index < -0.39 is 0 Å². The van der Waals surface area contributed by atoms with Crippen LogP contribution >= 0.6 is 11.6 Å². The molecular formula is C14H15ClN2O2. The number of carbonyl (C=O) groups is 1. The average Bonchev–Trinajstić information content (AvgIpc) is 2.79. The second-order valence-corrected chi connectivity index (χ2v) is 5.14. The van der Waals surface area contributed by atoms with E-state index in [9.17, 15) is 4.79 Å². The minimum atomic E-state index is -0.0217. The van der Waals surface area contributed by atoms with Crippen molar-refractivity contribution in [2.45, 2.75) is 26.7 Å². The van der Waals surface area contributed by atoms with Crippen LogP contribution < -0.4 is 0 Å². The molecule has 0 unspecified atom stereocenters. The molecule has 0 N–H and O–H groups in total. The molecule has 0 aliphatic rings. The predicted molar refractivity (Wildman–Crippen MR) is 72.1 cm³/mol. The van der Waals surface area contributed by atoms with Crippen LogP contribution in [0, 0.1) is 5.92 Å². The van der Waals surface area contributed by atoms with E-state index in [4.69, 9.17) is 16.1 Å². The van der Waals surface area contributed by atoms with E-state index in [1.165, 1.54) is 0 Å². The van der Waals surface area contributed by atoms with Gasteiger partial charge in [0.25, 0.3) is 0 Å². The topological polar surface area (TPSA) is 56.0 Å². The first kappa shape index (κ1) is 13.7. The van der Waals surface area contributed by atoms with Gasteiger partial charge in [-0.05, 0) is 17.7 Å². The minimum Gasteiger partial charge on any atom is -0.339 e. The number of hydrogen-bond acceptors (Lipinski definition) is 4. The Hall–Kier alpha value is -1.68. The van der Waals surface area contributed by atoms with Crippen LogP contribution in [0.4, 0.5) is 0 Å². The van der Waals surface area contributed by atoms with Gasteiger partial charge in [0.15, 0.2) is 5.82 Å². The van der Waals surface area contributed by atoms with E-state index >= 15 is 0 Å². The molecule has 19 heavy (non-hydrogen) atoms. The standard InChI is InChI=1S/C14H15ClN2O2/c1-9(2)12(18)8-14-16-13(17-19-14)7-10-3-5-11(15)6-4-10/h3-6,9H,7-8H2,1-2H3. The van der Waals surface area contributed by atoms with Crippen molar-refractivity contribution in [1.82, 2.24) is 10.1 Å². The molecule has 1 aromatic carbocycles. The van der Waals surface area contributed by atoms with E-state index in [2.05, 4.69) is 10.1 Å². The number of benzene rings is 1. The summed E-state index contributed by atoms with van der Waals surface area (Å²) in [5, 5.41) is 4.57. The highest BCUT2D eigenvalue weighted by Crippen LogP contribution is 2.12. The number of hydrogen-bond donors (Lipinski definition) is 0. The Bertz CT molecular complexity index is 561. The monoisotopic (exact) mass is 278 g/mol. The maximum Gasteiger partial charge on any atom is 0.234 e. The second kappa shape index (κ2) is 5.97. The summed E-state index contributed by atoms with van der Waals surface area (Å²) in [4.78, 5) is 15.8. The lowest BCUT2D eigenvalue weighted by Crippen LogP contribution is -2.10. The molecule has 1 aromatic heterocycles. The number of halogens is 1. The third-order valence-electron chi connectivity index (χ3n) is 2.76. The fourth-order valence-electron chi connectivity index (χ4n) is 1.57. The quantitative estimate of drug-likeness (QED) is 0.843. The molecule has 2 aromatic rings. The fraction of sp³-hybridized carbons (Fsp3) is 0.357. The van der Waals surface area contributed by atoms with Crippen molar-refractivity contribution in [3.05, 3.63) is 46.6 Å². The van der Waals surface area contributed by atoms with E-state index in [1.54, 1.807) is 0 Å². The van der Waals surface area contributed by atoms with Gasteiger partial charge < -0.3 is 4.52 Å². The van der Waals surface area contributed by atoms with Crippen LogP contribution in [0.15, 0.2) is 28.8 Å². The highest BCUT2D eigenvalue weighted by Gasteiger charge is 2.14. The Kier molecular flexibility index (Phi) is 4.32. The lowest BCUT2D eigenvalue weighted by atomic mass is 10.1. The summed E-state index contributed by atoms with van der Waals surface area (Å²) in [5.41, 5.74) is 1.05. The molecule has 100 valence electrons. The zero-order valence-corrected chi connectivity index (χ0v) is 11.6. The van der Waals surface area contributed by atoms with Crippen LogP contribution in [0.25, 0.3) is 0 Å². The summed E-state index contributed by atoms with van der Waals surface area (Å²) in [7, 11) is 0. The maximum atomic E-state index is 11.6. The van der Waals surface area contributed by atoms with E-state index in [-0.39, 0.29) is 18.1 Å². The Balaban J connectivity index is 2.01. The third-order valence-corrected chi connectivity index (χ3v) is 3.01. The largest absolute Gasteiger partial charge is 0.339 e. The van der Waals surface area contributed by atoms with Gasteiger partial charge in [-0.3, -0.25) is 4.79 Å². The predicted octanol–water partition coefficient (Wildman–Crippen LogP) is 3.08. The van der Waals surface area contributed by atoms with Gasteiger partial charge in [-0.1, -0.05) is 42.7 Å². The van der Waals surface area contributed by atoms with Crippen molar-refractivity contribution in [2.24, 2.45) is 5.92 Å². The zero-order chi connectivity index (χ0) is 13.8. The number of aromatic nitrogens is 2. The molecule has 0 atom stereocenters. The van der Waals surface area contributed by atoms with E-state index in [0.29, 0.717) is 23.2 Å². The SMILES string of the molecule is CC(C)C(=O)Cc1nc(Cc2ccc(Cl)cc2)no1. The van der Waals surface area contributed by atoms with Gasteiger partial charge in [-0.2, -0.15) is 4.98 Å². The molecule has 0 amide bonds. The summed E-state index contributed by atoms with van der Waals surface area (Å²) >= 11 is 5.82. The van der Waals surface area contributed by atoms with Crippen LogP contribution in [0.5, 0.6) is 0 Å². The molecule has 0 spiro atoms. The van der Waals surface area contributed by atoms with Crippen molar-refractivity contribution in [3.63, 3.8) is 0 Å². The highest BCUT2D eigenvalue weighted by molar-refractivity contribution is 6.30. The first-order chi connectivity index (χ1) is 9.04. The molecule has 5 heteroatoms. The van der Waals surface area contributed by atoms with Gasteiger partial charge in [0.2, 0.25) is 5.89 Å². The summed E-state index contributed by atoms with van der Waals surface area (Å²) in [6.07, 6.45) is 0.766. The Morgan fingerprint density at radius 3 is 2.63 bits per heavy atom. The van der Waals surface area contributed by atoms with Crippen molar-refractivity contribution in [3.8, 4) is 0 Å². The molecule has 0 fully saturated rings. The maximum absolute atomic E-state index is 11.6. The van der Waals surface area contributed by atoms with Crippen molar-refractivity contribution >= 4 is 17.4 Å². The number of Topliss-reactive ketones (excluding diaryl/α,β-unsaturated/α-hetero) is 1. The molecule has 0 aliphatic carbocycles. The first-order valence-corrected chi connectivity index (χ1v) is 6.51. The zero-order valence-electron chi connectivity index (χ0n) is 10.9. The summed E-state index contributed by atoms with van der Waals surface area (Å²) in [6.45, 7) is 3.71. The van der Waals surface area contributed by atoms with E-state index in [1.807, 2.05) is 38.1 Å². The van der Waals surface area contributed by atoms with Crippen LogP contribution in [-0.4, -0.2) is 15.9 Å². The average molecular weight is 279 g/mol. The summed E-state index contributed by atoms with van der Waals surface area (Å²) < 4.78 is 5.07. The van der Waals surface area contributed by atoms with Gasteiger partial charge in [-0.25, -0.2) is 0 Å². The van der Waals surface area contributed by atoms with Gasteiger partial charge in [0.05, 0.1) is 6.42 Å². The number of nitrogens with zero attached hydrogens (tertiary/aromatic N) is 2. The van der Waals surface area contributed by atoms with Crippen molar-refractivity contribution in [1.29, 1.82) is 0 Å².